The van der Waals surface area contributed by atoms with Crippen molar-refractivity contribution in [2.45, 2.75) is 45.6 Å². The molecule has 0 radical (unpaired) electrons. The van der Waals surface area contributed by atoms with Crippen LogP contribution in [-0.4, -0.2) is 41.4 Å². The smallest absolute Gasteiger partial charge is 0.0641 e. The highest BCUT2D eigenvalue weighted by Gasteiger charge is 2.32. The number of likely N-dealkylation sites (tertiary alicyclic amines) is 1. The fourth-order valence-corrected chi connectivity index (χ4v) is 3.69. The molecule has 0 aliphatic carbocycles. The third-order valence-corrected chi connectivity index (χ3v) is 4.46. The summed E-state index contributed by atoms with van der Waals surface area (Å²) in [6, 6.07) is 0.526. The third-order valence-electron chi connectivity index (χ3n) is 4.46. The van der Waals surface area contributed by atoms with Crippen molar-refractivity contribution in [1.82, 2.24) is 20.0 Å². The fourth-order valence-electron chi connectivity index (χ4n) is 3.69. The van der Waals surface area contributed by atoms with Crippen LogP contribution in [0.3, 0.4) is 0 Å². The quantitative estimate of drug-likeness (QED) is 0.898. The van der Waals surface area contributed by atoms with Crippen molar-refractivity contribution in [2.24, 2.45) is 13.0 Å². The van der Waals surface area contributed by atoms with Gasteiger partial charge in [-0.05, 0) is 58.8 Å². The van der Waals surface area contributed by atoms with Crippen LogP contribution in [-0.2, 0) is 7.05 Å². The van der Waals surface area contributed by atoms with Crippen molar-refractivity contribution < 1.29 is 0 Å². The second kappa shape index (κ2) is 7.23. The first kappa shape index (κ1) is 15.5. The Labute approximate surface area is 123 Å². The molecule has 1 fully saturated rings. The Hall–Kier alpha value is -0.870. The first-order valence-electron chi connectivity index (χ1n) is 8.06. The van der Waals surface area contributed by atoms with Gasteiger partial charge in [-0.3, -0.25) is 9.58 Å². The average molecular weight is 278 g/mol. The molecule has 2 heterocycles. The van der Waals surface area contributed by atoms with E-state index in [0.29, 0.717) is 12.0 Å². The summed E-state index contributed by atoms with van der Waals surface area (Å²) in [5.74, 6) is 0.692. The lowest BCUT2D eigenvalue weighted by Crippen LogP contribution is -2.37. The zero-order valence-electron chi connectivity index (χ0n) is 13.5. The summed E-state index contributed by atoms with van der Waals surface area (Å²) >= 11 is 0. The van der Waals surface area contributed by atoms with Crippen molar-refractivity contribution in [3.05, 3.63) is 17.5 Å². The van der Waals surface area contributed by atoms with Crippen LogP contribution in [0.2, 0.25) is 0 Å². The van der Waals surface area contributed by atoms with Gasteiger partial charge in [0.1, 0.15) is 0 Å². The standard InChI is InChI=1S/C16H30N4/c1-5-9-20-10-7-6-8-14(11-17-3)16(20)15-12-19(4)18-13(15)2/h12,14,16-17H,5-11H2,1-4H3. The van der Waals surface area contributed by atoms with Gasteiger partial charge in [-0.25, -0.2) is 0 Å². The molecule has 0 spiro atoms. The fraction of sp³-hybridized carbons (Fsp3) is 0.812. The van der Waals surface area contributed by atoms with Gasteiger partial charge in [-0.2, -0.15) is 5.10 Å². The van der Waals surface area contributed by atoms with Crippen LogP contribution in [0.15, 0.2) is 6.20 Å². The predicted molar refractivity (Wildman–Crippen MR) is 83.8 cm³/mol. The number of hydrogen-bond donors (Lipinski definition) is 1. The summed E-state index contributed by atoms with van der Waals surface area (Å²) in [5, 5.41) is 7.98. The molecule has 1 aliphatic rings. The Bertz CT molecular complexity index is 397. The van der Waals surface area contributed by atoms with Crippen molar-refractivity contribution in [2.75, 3.05) is 26.7 Å². The Balaban J connectivity index is 2.33. The molecular formula is C16H30N4. The van der Waals surface area contributed by atoms with Crippen molar-refractivity contribution >= 4 is 0 Å². The molecule has 0 amide bonds. The summed E-state index contributed by atoms with van der Waals surface area (Å²) in [5.41, 5.74) is 2.63. The number of hydrogen-bond acceptors (Lipinski definition) is 3. The van der Waals surface area contributed by atoms with E-state index in [1.54, 1.807) is 0 Å². The minimum atomic E-state index is 0.526. The molecule has 20 heavy (non-hydrogen) atoms. The summed E-state index contributed by atoms with van der Waals surface area (Å²) in [7, 11) is 4.10. The van der Waals surface area contributed by atoms with Gasteiger partial charge in [0.15, 0.2) is 0 Å². The molecule has 1 aliphatic heterocycles. The van der Waals surface area contributed by atoms with E-state index in [9.17, 15) is 0 Å². The van der Waals surface area contributed by atoms with E-state index in [-0.39, 0.29) is 0 Å². The van der Waals surface area contributed by atoms with Gasteiger partial charge in [0.25, 0.3) is 0 Å². The molecule has 0 bridgehead atoms. The zero-order chi connectivity index (χ0) is 14.5. The zero-order valence-corrected chi connectivity index (χ0v) is 13.5. The van der Waals surface area contributed by atoms with Gasteiger partial charge in [-0.15, -0.1) is 0 Å². The highest BCUT2D eigenvalue weighted by atomic mass is 15.3. The normalized spacial score (nSPS) is 24.8. The first-order chi connectivity index (χ1) is 9.67. The summed E-state index contributed by atoms with van der Waals surface area (Å²) < 4.78 is 1.97. The largest absolute Gasteiger partial charge is 0.319 e. The number of nitrogens with one attached hydrogen (secondary N) is 1. The van der Waals surface area contributed by atoms with E-state index in [1.807, 2.05) is 11.7 Å². The van der Waals surface area contributed by atoms with E-state index in [2.05, 4.69) is 42.4 Å². The maximum atomic E-state index is 4.58. The lowest BCUT2D eigenvalue weighted by molar-refractivity contribution is 0.154. The van der Waals surface area contributed by atoms with Crippen molar-refractivity contribution in [3.63, 3.8) is 0 Å². The second-order valence-electron chi connectivity index (χ2n) is 6.14. The monoisotopic (exact) mass is 278 g/mol. The molecule has 1 aromatic rings. The summed E-state index contributed by atoms with van der Waals surface area (Å²) in [6.07, 6.45) is 7.46. The molecular weight excluding hydrogens is 248 g/mol. The molecule has 1 aromatic heterocycles. The summed E-state index contributed by atoms with van der Waals surface area (Å²) in [6.45, 7) is 7.96. The van der Waals surface area contributed by atoms with Crippen LogP contribution in [0, 0.1) is 12.8 Å². The Kier molecular flexibility index (Phi) is 5.61. The van der Waals surface area contributed by atoms with E-state index in [4.69, 9.17) is 0 Å². The molecule has 114 valence electrons. The van der Waals surface area contributed by atoms with Gasteiger partial charge in [0.2, 0.25) is 0 Å². The minimum absolute atomic E-state index is 0.526. The third kappa shape index (κ3) is 3.41. The van der Waals surface area contributed by atoms with Crippen LogP contribution >= 0.6 is 0 Å². The molecule has 2 atom stereocenters. The first-order valence-corrected chi connectivity index (χ1v) is 8.06. The number of rotatable bonds is 5. The minimum Gasteiger partial charge on any atom is -0.319 e. The van der Waals surface area contributed by atoms with Gasteiger partial charge >= 0.3 is 0 Å². The van der Waals surface area contributed by atoms with E-state index >= 15 is 0 Å². The van der Waals surface area contributed by atoms with Gasteiger partial charge in [0, 0.05) is 24.8 Å². The molecule has 4 heteroatoms. The lowest BCUT2D eigenvalue weighted by Gasteiger charge is -2.35. The maximum Gasteiger partial charge on any atom is 0.0641 e. The predicted octanol–water partition coefficient (Wildman–Crippen LogP) is 2.50. The van der Waals surface area contributed by atoms with E-state index in [0.717, 1.165) is 6.54 Å². The Morgan fingerprint density at radius 3 is 2.80 bits per heavy atom. The van der Waals surface area contributed by atoms with E-state index < -0.39 is 0 Å². The molecule has 0 saturated carbocycles. The molecule has 0 aromatic carbocycles. The average Bonchev–Trinajstić information content (AvgIpc) is 2.61. The van der Waals surface area contributed by atoms with Gasteiger partial charge in [-0.1, -0.05) is 13.3 Å². The number of aromatic nitrogens is 2. The van der Waals surface area contributed by atoms with Crippen LogP contribution in [0.4, 0.5) is 0 Å². The SMILES string of the molecule is CCCN1CCCCC(CNC)C1c1cn(C)nc1C. The van der Waals surface area contributed by atoms with Crippen LogP contribution < -0.4 is 5.32 Å². The molecule has 1 N–H and O–H groups in total. The van der Waals surface area contributed by atoms with Crippen molar-refractivity contribution in [3.8, 4) is 0 Å². The van der Waals surface area contributed by atoms with Crippen LogP contribution in [0.25, 0.3) is 0 Å². The van der Waals surface area contributed by atoms with Gasteiger partial charge < -0.3 is 5.32 Å². The Morgan fingerprint density at radius 1 is 1.40 bits per heavy atom. The number of aryl methyl sites for hydroxylation is 2. The molecule has 1 saturated heterocycles. The second-order valence-corrected chi connectivity index (χ2v) is 6.14. The highest BCUT2D eigenvalue weighted by Crippen LogP contribution is 2.36. The highest BCUT2D eigenvalue weighted by molar-refractivity contribution is 5.21. The van der Waals surface area contributed by atoms with Crippen LogP contribution in [0.5, 0.6) is 0 Å². The molecule has 2 rings (SSSR count). The molecule has 4 nitrogen and oxygen atoms in total. The topological polar surface area (TPSA) is 33.1 Å². The van der Waals surface area contributed by atoms with E-state index in [1.165, 1.54) is 50.0 Å². The lowest BCUT2D eigenvalue weighted by atomic mass is 9.89. The van der Waals surface area contributed by atoms with Crippen LogP contribution in [0.1, 0.15) is 49.9 Å². The summed E-state index contributed by atoms with van der Waals surface area (Å²) in [4.78, 5) is 2.69. The van der Waals surface area contributed by atoms with Gasteiger partial charge in [0.05, 0.1) is 5.69 Å². The van der Waals surface area contributed by atoms with Crippen molar-refractivity contribution in [1.29, 1.82) is 0 Å². The number of nitrogens with zero attached hydrogens (tertiary/aromatic N) is 3. The maximum absolute atomic E-state index is 4.58. The Morgan fingerprint density at radius 2 is 2.20 bits per heavy atom. The molecule has 2 unspecified atom stereocenters.